The second-order valence-electron chi connectivity index (χ2n) is 2.69. The molecule has 0 aliphatic carbocycles. The molecule has 0 aromatic carbocycles. The van der Waals surface area contributed by atoms with Gasteiger partial charge < -0.3 is 10.4 Å². The van der Waals surface area contributed by atoms with Crippen molar-refractivity contribution in [2.75, 3.05) is 6.54 Å². The Balaban J connectivity index is 2.18. The Labute approximate surface area is 80.5 Å². The van der Waals surface area contributed by atoms with Gasteiger partial charge in [0.05, 0.1) is 0 Å². The number of nitrogens with zero attached hydrogens (tertiary/aromatic N) is 2. The molecule has 0 unspecified atom stereocenters. The van der Waals surface area contributed by atoms with E-state index in [0.29, 0.717) is 6.54 Å². The van der Waals surface area contributed by atoms with Gasteiger partial charge in [0.1, 0.15) is 6.54 Å². The first-order valence-corrected chi connectivity index (χ1v) is 4.14. The molecule has 1 amide bonds. The molecule has 76 valence electrons. The summed E-state index contributed by atoms with van der Waals surface area (Å²) in [6, 6.07) is 1.76. The normalized spacial score (nSPS) is 9.71. The van der Waals surface area contributed by atoms with Gasteiger partial charge in [0.25, 0.3) is 0 Å². The van der Waals surface area contributed by atoms with Crippen LogP contribution in [0.2, 0.25) is 0 Å². The fourth-order valence-electron chi connectivity index (χ4n) is 0.911. The van der Waals surface area contributed by atoms with Gasteiger partial charge in [-0.15, -0.1) is 0 Å². The standard InChI is InChI=1S/C8H11N3O3/c12-7(9-6-8(13)14)2-5-11-4-1-3-10-11/h1,3-4H,2,5-6H2,(H,9,12)(H,13,14). The first kappa shape index (κ1) is 10.2. The lowest BCUT2D eigenvalue weighted by Crippen LogP contribution is -2.29. The van der Waals surface area contributed by atoms with Crippen molar-refractivity contribution in [1.29, 1.82) is 0 Å². The average Bonchev–Trinajstić information content (AvgIpc) is 2.63. The molecule has 0 atom stereocenters. The van der Waals surface area contributed by atoms with Crippen LogP contribution in [0.25, 0.3) is 0 Å². The molecule has 0 saturated carbocycles. The van der Waals surface area contributed by atoms with Crippen LogP contribution in [0, 0.1) is 0 Å². The third-order valence-corrected chi connectivity index (χ3v) is 1.56. The predicted octanol–water partition coefficient (Wildman–Crippen LogP) is -0.526. The zero-order valence-corrected chi connectivity index (χ0v) is 7.51. The summed E-state index contributed by atoms with van der Waals surface area (Å²) in [7, 11) is 0. The van der Waals surface area contributed by atoms with Crippen LogP contribution in [0.3, 0.4) is 0 Å². The van der Waals surface area contributed by atoms with Crippen LogP contribution >= 0.6 is 0 Å². The molecule has 14 heavy (non-hydrogen) atoms. The van der Waals surface area contributed by atoms with E-state index in [4.69, 9.17) is 5.11 Å². The van der Waals surface area contributed by atoms with E-state index in [1.54, 1.807) is 23.1 Å². The molecule has 2 N–H and O–H groups in total. The smallest absolute Gasteiger partial charge is 0.322 e. The number of carbonyl (C=O) groups is 2. The van der Waals surface area contributed by atoms with Crippen molar-refractivity contribution >= 4 is 11.9 Å². The SMILES string of the molecule is O=C(O)CNC(=O)CCn1cccn1. The second kappa shape index (κ2) is 5.00. The molecule has 0 radical (unpaired) electrons. The van der Waals surface area contributed by atoms with Gasteiger partial charge >= 0.3 is 5.97 Å². The number of nitrogens with one attached hydrogen (secondary N) is 1. The van der Waals surface area contributed by atoms with Crippen molar-refractivity contribution < 1.29 is 14.7 Å². The van der Waals surface area contributed by atoms with E-state index in [2.05, 4.69) is 10.4 Å². The average molecular weight is 197 g/mol. The number of hydrogen-bond donors (Lipinski definition) is 2. The summed E-state index contributed by atoms with van der Waals surface area (Å²) >= 11 is 0. The van der Waals surface area contributed by atoms with Crippen LogP contribution in [0.15, 0.2) is 18.5 Å². The first-order chi connectivity index (χ1) is 6.68. The largest absolute Gasteiger partial charge is 0.480 e. The predicted molar refractivity (Wildman–Crippen MR) is 47.5 cm³/mol. The summed E-state index contributed by atoms with van der Waals surface area (Å²) in [6.07, 6.45) is 3.59. The van der Waals surface area contributed by atoms with Gasteiger partial charge in [-0.3, -0.25) is 14.3 Å². The van der Waals surface area contributed by atoms with E-state index in [0.717, 1.165) is 0 Å². The van der Waals surface area contributed by atoms with E-state index in [1.165, 1.54) is 0 Å². The molecule has 1 heterocycles. The molecule has 0 aliphatic heterocycles. The number of aryl methyl sites for hydroxylation is 1. The number of aliphatic carboxylic acids is 1. The Morgan fingerprint density at radius 2 is 2.29 bits per heavy atom. The summed E-state index contributed by atoms with van der Waals surface area (Å²) in [4.78, 5) is 21.1. The maximum Gasteiger partial charge on any atom is 0.322 e. The number of aromatic nitrogens is 2. The van der Waals surface area contributed by atoms with Crippen LogP contribution in [0.5, 0.6) is 0 Å². The van der Waals surface area contributed by atoms with Gasteiger partial charge in [0.15, 0.2) is 0 Å². The fraction of sp³-hybridized carbons (Fsp3) is 0.375. The fourth-order valence-corrected chi connectivity index (χ4v) is 0.911. The molecule has 1 rings (SSSR count). The molecule has 0 bridgehead atoms. The molecule has 0 spiro atoms. The Morgan fingerprint density at radius 1 is 1.50 bits per heavy atom. The maximum atomic E-state index is 11.0. The highest BCUT2D eigenvalue weighted by Crippen LogP contribution is 1.88. The van der Waals surface area contributed by atoms with Crippen LogP contribution < -0.4 is 5.32 Å². The van der Waals surface area contributed by atoms with Gasteiger partial charge in [0, 0.05) is 25.4 Å². The number of hydrogen-bond acceptors (Lipinski definition) is 3. The summed E-state index contributed by atoms with van der Waals surface area (Å²) in [6.45, 7) is 0.121. The van der Waals surface area contributed by atoms with Gasteiger partial charge in [-0.2, -0.15) is 5.10 Å². The summed E-state index contributed by atoms with van der Waals surface area (Å²) < 4.78 is 1.61. The monoisotopic (exact) mass is 197 g/mol. The second-order valence-corrected chi connectivity index (χ2v) is 2.69. The zero-order chi connectivity index (χ0) is 10.4. The molecule has 6 nitrogen and oxygen atoms in total. The maximum absolute atomic E-state index is 11.0. The van der Waals surface area contributed by atoms with E-state index in [9.17, 15) is 9.59 Å². The lowest BCUT2D eigenvalue weighted by atomic mass is 10.4. The minimum atomic E-state index is -1.04. The van der Waals surface area contributed by atoms with Crippen molar-refractivity contribution in [2.45, 2.75) is 13.0 Å². The van der Waals surface area contributed by atoms with E-state index in [1.807, 2.05) is 0 Å². The summed E-state index contributed by atoms with van der Waals surface area (Å²) in [5, 5.41) is 14.5. The van der Waals surface area contributed by atoms with Crippen molar-refractivity contribution in [1.82, 2.24) is 15.1 Å². The third-order valence-electron chi connectivity index (χ3n) is 1.56. The van der Waals surface area contributed by atoms with Crippen molar-refractivity contribution in [3.63, 3.8) is 0 Å². The van der Waals surface area contributed by atoms with Crippen LogP contribution in [-0.4, -0.2) is 33.3 Å². The van der Waals surface area contributed by atoms with Gasteiger partial charge in [0.2, 0.25) is 5.91 Å². The minimum Gasteiger partial charge on any atom is -0.480 e. The van der Waals surface area contributed by atoms with Crippen molar-refractivity contribution in [2.24, 2.45) is 0 Å². The number of carboxylic acids is 1. The number of amides is 1. The summed E-state index contributed by atoms with van der Waals surface area (Å²) in [5.74, 6) is -1.33. The Hall–Kier alpha value is -1.85. The van der Waals surface area contributed by atoms with Crippen molar-refractivity contribution in [3.05, 3.63) is 18.5 Å². The van der Waals surface area contributed by atoms with Crippen LogP contribution in [-0.2, 0) is 16.1 Å². The lowest BCUT2D eigenvalue weighted by Gasteiger charge is -2.02. The summed E-state index contributed by atoms with van der Waals surface area (Å²) in [5.41, 5.74) is 0. The number of carboxylic acid groups (broad SMARTS) is 1. The van der Waals surface area contributed by atoms with Crippen LogP contribution in [0.1, 0.15) is 6.42 Å². The molecule has 6 heteroatoms. The molecular weight excluding hydrogens is 186 g/mol. The molecule has 1 aromatic heterocycles. The minimum absolute atomic E-state index is 0.231. The van der Waals surface area contributed by atoms with E-state index in [-0.39, 0.29) is 18.9 Å². The van der Waals surface area contributed by atoms with Gasteiger partial charge in [-0.1, -0.05) is 0 Å². The molecule has 0 saturated heterocycles. The zero-order valence-electron chi connectivity index (χ0n) is 7.51. The molecule has 1 aromatic rings. The molecule has 0 fully saturated rings. The molecular formula is C8H11N3O3. The third kappa shape index (κ3) is 3.70. The van der Waals surface area contributed by atoms with Crippen LogP contribution in [0.4, 0.5) is 0 Å². The highest BCUT2D eigenvalue weighted by molar-refractivity contribution is 5.80. The quantitative estimate of drug-likeness (QED) is 0.664. The highest BCUT2D eigenvalue weighted by atomic mass is 16.4. The van der Waals surface area contributed by atoms with E-state index < -0.39 is 5.97 Å². The Bertz CT molecular complexity index is 308. The topological polar surface area (TPSA) is 84.2 Å². The highest BCUT2D eigenvalue weighted by Gasteiger charge is 2.03. The van der Waals surface area contributed by atoms with Crippen molar-refractivity contribution in [3.8, 4) is 0 Å². The number of rotatable bonds is 5. The van der Waals surface area contributed by atoms with E-state index >= 15 is 0 Å². The van der Waals surface area contributed by atoms with Gasteiger partial charge in [-0.05, 0) is 6.07 Å². The molecule has 0 aliphatic rings. The Morgan fingerprint density at radius 3 is 2.86 bits per heavy atom. The lowest BCUT2D eigenvalue weighted by molar-refractivity contribution is -0.138. The Kier molecular flexibility index (Phi) is 3.66. The first-order valence-electron chi connectivity index (χ1n) is 4.14. The van der Waals surface area contributed by atoms with Gasteiger partial charge in [-0.25, -0.2) is 0 Å². The number of carbonyl (C=O) groups excluding carboxylic acids is 1.